The molecule has 0 aliphatic carbocycles. The van der Waals surface area contributed by atoms with Gasteiger partial charge in [-0.2, -0.15) is 5.10 Å². The number of aryl methyl sites for hydroxylation is 1. The third kappa shape index (κ3) is 6.27. The van der Waals surface area contributed by atoms with E-state index in [0.717, 1.165) is 48.0 Å². The predicted molar refractivity (Wildman–Crippen MR) is 122 cm³/mol. The van der Waals surface area contributed by atoms with E-state index in [9.17, 15) is 18.0 Å². The number of nitrogens with one attached hydrogen (secondary N) is 1. The minimum absolute atomic E-state index is 0.178. The SMILES string of the molecule is Cc1nn(-c2cc(N3CCOCC3)ncn2)c(C)c1CCC(=O)Nc1ccc(OC(F)(F)F)cc1. The smallest absolute Gasteiger partial charge is 0.406 e. The molecule has 12 heteroatoms. The molecule has 1 N–H and O–H groups in total. The number of hydrogen-bond acceptors (Lipinski definition) is 7. The first-order chi connectivity index (χ1) is 16.7. The number of amides is 1. The van der Waals surface area contributed by atoms with Crippen molar-refractivity contribution in [1.82, 2.24) is 19.7 Å². The molecule has 3 heterocycles. The van der Waals surface area contributed by atoms with Gasteiger partial charge in [0.1, 0.15) is 17.9 Å². The highest BCUT2D eigenvalue weighted by Crippen LogP contribution is 2.25. The average Bonchev–Trinajstić information content (AvgIpc) is 3.12. The monoisotopic (exact) mass is 490 g/mol. The summed E-state index contributed by atoms with van der Waals surface area (Å²) in [6.07, 6.45) is -2.63. The maximum absolute atomic E-state index is 12.4. The second-order valence-corrected chi connectivity index (χ2v) is 8.02. The largest absolute Gasteiger partial charge is 0.573 e. The van der Waals surface area contributed by atoms with Crippen molar-refractivity contribution in [2.75, 3.05) is 36.5 Å². The summed E-state index contributed by atoms with van der Waals surface area (Å²) in [7, 11) is 0. The maximum atomic E-state index is 12.4. The fraction of sp³-hybridized carbons (Fsp3) is 0.391. The Morgan fingerprint density at radius 3 is 2.49 bits per heavy atom. The summed E-state index contributed by atoms with van der Waals surface area (Å²) >= 11 is 0. The number of aromatic nitrogens is 4. The van der Waals surface area contributed by atoms with Crippen LogP contribution in [0.4, 0.5) is 24.7 Å². The molecule has 1 saturated heterocycles. The molecule has 1 fully saturated rings. The van der Waals surface area contributed by atoms with Crippen LogP contribution in [0.3, 0.4) is 0 Å². The average molecular weight is 490 g/mol. The summed E-state index contributed by atoms with van der Waals surface area (Å²) in [5.74, 6) is 0.825. The van der Waals surface area contributed by atoms with E-state index in [2.05, 4.69) is 30.0 Å². The van der Waals surface area contributed by atoms with Crippen molar-refractivity contribution in [3.63, 3.8) is 0 Å². The normalized spacial score (nSPS) is 14.1. The minimum atomic E-state index is -4.76. The number of carbonyl (C=O) groups excluding carboxylic acids is 1. The second-order valence-electron chi connectivity index (χ2n) is 8.02. The van der Waals surface area contributed by atoms with Crippen molar-refractivity contribution in [2.45, 2.75) is 33.1 Å². The molecule has 0 radical (unpaired) electrons. The molecule has 0 spiro atoms. The van der Waals surface area contributed by atoms with Gasteiger partial charge in [0.2, 0.25) is 5.91 Å². The van der Waals surface area contributed by atoms with Crippen LogP contribution >= 0.6 is 0 Å². The van der Waals surface area contributed by atoms with Crippen molar-refractivity contribution in [3.05, 3.63) is 53.6 Å². The molecule has 0 unspecified atom stereocenters. The van der Waals surface area contributed by atoms with Gasteiger partial charge >= 0.3 is 6.36 Å². The van der Waals surface area contributed by atoms with Crippen molar-refractivity contribution >= 4 is 17.4 Å². The number of morpholine rings is 1. The first-order valence-electron chi connectivity index (χ1n) is 11.1. The van der Waals surface area contributed by atoms with Gasteiger partial charge in [-0.05, 0) is 50.1 Å². The molecule has 35 heavy (non-hydrogen) atoms. The topological polar surface area (TPSA) is 94.4 Å². The van der Waals surface area contributed by atoms with Crippen LogP contribution in [-0.2, 0) is 16.0 Å². The lowest BCUT2D eigenvalue weighted by atomic mass is 10.1. The van der Waals surface area contributed by atoms with Crippen LogP contribution in [0.15, 0.2) is 36.7 Å². The van der Waals surface area contributed by atoms with E-state index in [1.165, 1.54) is 18.5 Å². The zero-order valence-electron chi connectivity index (χ0n) is 19.3. The van der Waals surface area contributed by atoms with E-state index >= 15 is 0 Å². The lowest BCUT2D eigenvalue weighted by Gasteiger charge is -2.27. The maximum Gasteiger partial charge on any atom is 0.573 e. The van der Waals surface area contributed by atoms with Crippen LogP contribution in [0, 0.1) is 13.8 Å². The number of hydrogen-bond donors (Lipinski definition) is 1. The first-order valence-corrected chi connectivity index (χ1v) is 11.1. The Morgan fingerprint density at radius 2 is 1.80 bits per heavy atom. The molecule has 1 amide bonds. The number of rotatable bonds is 7. The van der Waals surface area contributed by atoms with Crippen LogP contribution in [0.1, 0.15) is 23.4 Å². The van der Waals surface area contributed by atoms with Gasteiger partial charge in [0.25, 0.3) is 0 Å². The van der Waals surface area contributed by atoms with Crippen LogP contribution in [-0.4, -0.2) is 58.3 Å². The third-order valence-corrected chi connectivity index (χ3v) is 5.61. The number of ether oxygens (including phenoxy) is 2. The van der Waals surface area contributed by atoms with Gasteiger partial charge in [0.15, 0.2) is 5.82 Å². The summed E-state index contributed by atoms with van der Waals surface area (Å²) in [6, 6.07) is 6.89. The van der Waals surface area contributed by atoms with Gasteiger partial charge in [0, 0.05) is 37.0 Å². The number of carbonyl (C=O) groups is 1. The molecule has 0 atom stereocenters. The molecule has 1 aromatic carbocycles. The van der Waals surface area contributed by atoms with Gasteiger partial charge in [-0.1, -0.05) is 0 Å². The molecule has 1 aliphatic rings. The molecule has 186 valence electrons. The Balaban J connectivity index is 1.39. The number of halogens is 3. The Hall–Kier alpha value is -3.67. The van der Waals surface area contributed by atoms with Gasteiger partial charge in [-0.25, -0.2) is 14.6 Å². The minimum Gasteiger partial charge on any atom is -0.406 e. The van der Waals surface area contributed by atoms with Crippen molar-refractivity contribution in [2.24, 2.45) is 0 Å². The Labute approximate surface area is 199 Å². The Morgan fingerprint density at radius 1 is 1.11 bits per heavy atom. The predicted octanol–water partition coefficient (Wildman–Crippen LogP) is 3.59. The lowest BCUT2D eigenvalue weighted by molar-refractivity contribution is -0.274. The van der Waals surface area contributed by atoms with Gasteiger partial charge < -0.3 is 19.7 Å². The fourth-order valence-corrected chi connectivity index (χ4v) is 3.88. The molecular weight excluding hydrogens is 465 g/mol. The molecule has 0 bridgehead atoms. The zero-order chi connectivity index (χ0) is 25.0. The zero-order valence-corrected chi connectivity index (χ0v) is 19.3. The molecule has 3 aromatic rings. The molecule has 1 aliphatic heterocycles. The van der Waals surface area contributed by atoms with E-state index in [1.54, 1.807) is 4.68 Å². The molecule has 0 saturated carbocycles. The van der Waals surface area contributed by atoms with E-state index in [4.69, 9.17) is 4.74 Å². The van der Waals surface area contributed by atoms with E-state index < -0.39 is 6.36 Å². The van der Waals surface area contributed by atoms with Crippen LogP contribution in [0.5, 0.6) is 5.75 Å². The number of nitrogens with zero attached hydrogens (tertiary/aromatic N) is 5. The van der Waals surface area contributed by atoms with Gasteiger partial charge in [-0.3, -0.25) is 4.79 Å². The van der Waals surface area contributed by atoms with Crippen LogP contribution in [0.25, 0.3) is 5.82 Å². The quantitative estimate of drug-likeness (QED) is 0.541. The highest BCUT2D eigenvalue weighted by molar-refractivity contribution is 5.90. The second kappa shape index (κ2) is 10.3. The summed E-state index contributed by atoms with van der Waals surface area (Å²) in [6.45, 7) is 6.61. The summed E-state index contributed by atoms with van der Waals surface area (Å²) in [5.41, 5.74) is 2.97. The number of anilines is 2. The van der Waals surface area contributed by atoms with E-state index in [1.807, 2.05) is 19.9 Å². The molecule has 4 rings (SSSR count). The van der Waals surface area contributed by atoms with Crippen molar-refractivity contribution < 1.29 is 27.4 Å². The highest BCUT2D eigenvalue weighted by atomic mass is 19.4. The Bertz CT molecular complexity index is 1170. The summed E-state index contributed by atoms with van der Waals surface area (Å²) < 4.78 is 47.8. The van der Waals surface area contributed by atoms with E-state index in [-0.39, 0.29) is 18.1 Å². The third-order valence-electron chi connectivity index (χ3n) is 5.61. The van der Waals surface area contributed by atoms with Crippen LogP contribution in [0.2, 0.25) is 0 Å². The lowest BCUT2D eigenvalue weighted by Crippen LogP contribution is -2.36. The number of alkyl halides is 3. The first kappa shape index (κ1) is 24.5. The molecule has 9 nitrogen and oxygen atoms in total. The standard InChI is InChI=1S/C23H25F3N6O3/c1-15-19(7-8-22(33)29-17-3-5-18(6-4-17)35-23(24,25)26)16(2)32(30-15)21-13-20(27-14-28-21)31-9-11-34-12-10-31/h3-6,13-14H,7-12H2,1-2H3,(H,29,33). The van der Waals surface area contributed by atoms with Crippen molar-refractivity contribution in [1.29, 1.82) is 0 Å². The number of benzene rings is 1. The van der Waals surface area contributed by atoms with Crippen LogP contribution < -0.4 is 15.0 Å². The van der Waals surface area contributed by atoms with E-state index in [0.29, 0.717) is 31.1 Å². The summed E-state index contributed by atoms with van der Waals surface area (Å²) in [5, 5.41) is 7.30. The Kier molecular flexibility index (Phi) is 7.20. The highest BCUT2D eigenvalue weighted by Gasteiger charge is 2.31. The van der Waals surface area contributed by atoms with Gasteiger partial charge in [-0.15, -0.1) is 13.2 Å². The van der Waals surface area contributed by atoms with Gasteiger partial charge in [0.05, 0.1) is 18.9 Å². The molecule has 2 aromatic heterocycles. The van der Waals surface area contributed by atoms with Crippen molar-refractivity contribution in [3.8, 4) is 11.6 Å². The fourth-order valence-electron chi connectivity index (χ4n) is 3.88. The molecular formula is C23H25F3N6O3. The summed E-state index contributed by atoms with van der Waals surface area (Å²) in [4.78, 5) is 23.3.